The number of para-hydroxylation sites is 3. The Morgan fingerprint density at radius 2 is 1.69 bits per heavy atom. The summed E-state index contributed by atoms with van der Waals surface area (Å²) >= 11 is 6.93. The summed E-state index contributed by atoms with van der Waals surface area (Å²) in [5.41, 5.74) is 4.02. The maximum absolute atomic E-state index is 4.85. The van der Waals surface area contributed by atoms with E-state index < -0.39 is 0 Å². The Morgan fingerprint density at radius 3 is 2.46 bits per heavy atom. The Kier molecular flexibility index (Phi) is 3.96. The van der Waals surface area contributed by atoms with Gasteiger partial charge in [-0.15, -0.1) is 22.7 Å². The van der Waals surface area contributed by atoms with E-state index in [-0.39, 0.29) is 0 Å². The minimum Gasteiger partial charge on any atom is -0.338 e. The van der Waals surface area contributed by atoms with E-state index in [2.05, 4.69) is 45.2 Å². The molecule has 0 spiro atoms. The SMILES string of the molecule is Brc1ccc(/C=C(\c2nc3ccccc3[nH]2)c2nc3ccccc3s2)s1. The number of fused-ring (bicyclic) bond motifs is 2. The highest BCUT2D eigenvalue weighted by Gasteiger charge is 2.15. The van der Waals surface area contributed by atoms with E-state index in [4.69, 9.17) is 9.97 Å². The van der Waals surface area contributed by atoms with Gasteiger partial charge in [0.15, 0.2) is 0 Å². The predicted octanol–water partition coefficient (Wildman–Crippen LogP) is 6.59. The molecule has 0 fully saturated rings. The van der Waals surface area contributed by atoms with Gasteiger partial charge in [0.2, 0.25) is 0 Å². The number of H-pyrrole nitrogens is 1. The Balaban J connectivity index is 1.73. The van der Waals surface area contributed by atoms with Crippen LogP contribution in [0.4, 0.5) is 0 Å². The zero-order chi connectivity index (χ0) is 17.5. The second kappa shape index (κ2) is 6.46. The van der Waals surface area contributed by atoms with Crippen LogP contribution in [0.1, 0.15) is 15.7 Å². The molecule has 3 aromatic heterocycles. The van der Waals surface area contributed by atoms with Gasteiger partial charge in [-0.1, -0.05) is 24.3 Å². The molecule has 126 valence electrons. The predicted molar refractivity (Wildman–Crippen MR) is 115 cm³/mol. The van der Waals surface area contributed by atoms with Crippen molar-refractivity contribution < 1.29 is 0 Å². The molecule has 2 aromatic carbocycles. The molecule has 3 nitrogen and oxygen atoms in total. The average Bonchev–Trinajstić information content (AvgIpc) is 3.36. The van der Waals surface area contributed by atoms with Gasteiger partial charge in [-0.05, 0) is 58.4 Å². The van der Waals surface area contributed by atoms with E-state index >= 15 is 0 Å². The molecular weight excluding hydrogens is 426 g/mol. The zero-order valence-corrected chi connectivity index (χ0v) is 16.7. The molecule has 0 radical (unpaired) electrons. The van der Waals surface area contributed by atoms with Crippen LogP contribution in [0.25, 0.3) is 32.9 Å². The molecule has 0 bridgehead atoms. The fourth-order valence-electron chi connectivity index (χ4n) is 2.85. The fourth-order valence-corrected chi connectivity index (χ4v) is 5.20. The van der Waals surface area contributed by atoms with Crippen LogP contribution in [0.2, 0.25) is 0 Å². The first-order valence-electron chi connectivity index (χ1n) is 8.04. The zero-order valence-electron chi connectivity index (χ0n) is 13.4. The second-order valence-corrected chi connectivity index (χ2v) is 9.31. The summed E-state index contributed by atoms with van der Waals surface area (Å²) < 4.78 is 2.29. The first kappa shape index (κ1) is 15.9. The van der Waals surface area contributed by atoms with Crippen molar-refractivity contribution in [2.75, 3.05) is 0 Å². The molecule has 5 aromatic rings. The van der Waals surface area contributed by atoms with Crippen LogP contribution in [0.3, 0.4) is 0 Å². The number of thiophene rings is 1. The molecule has 0 unspecified atom stereocenters. The number of nitrogens with one attached hydrogen (secondary N) is 1. The van der Waals surface area contributed by atoms with Crippen LogP contribution in [-0.4, -0.2) is 15.0 Å². The van der Waals surface area contributed by atoms with Gasteiger partial charge in [0.1, 0.15) is 10.8 Å². The Bertz CT molecular complexity index is 1120. The highest BCUT2D eigenvalue weighted by atomic mass is 79.9. The third-order valence-corrected chi connectivity index (χ3v) is 6.69. The number of benzene rings is 2. The van der Waals surface area contributed by atoms with Gasteiger partial charge in [-0.3, -0.25) is 0 Å². The van der Waals surface area contributed by atoms with Gasteiger partial charge in [-0.2, -0.15) is 0 Å². The van der Waals surface area contributed by atoms with Crippen molar-refractivity contribution in [2.24, 2.45) is 0 Å². The molecule has 0 amide bonds. The lowest BCUT2D eigenvalue weighted by atomic mass is 10.2. The lowest BCUT2D eigenvalue weighted by Gasteiger charge is -2.00. The monoisotopic (exact) mass is 437 g/mol. The van der Waals surface area contributed by atoms with Crippen LogP contribution in [0.5, 0.6) is 0 Å². The van der Waals surface area contributed by atoms with Crippen LogP contribution in [-0.2, 0) is 0 Å². The van der Waals surface area contributed by atoms with Gasteiger partial charge >= 0.3 is 0 Å². The third-order valence-electron chi connectivity index (χ3n) is 4.05. The largest absolute Gasteiger partial charge is 0.338 e. The van der Waals surface area contributed by atoms with E-state index in [0.717, 1.165) is 41.6 Å². The number of nitrogens with zero attached hydrogens (tertiary/aromatic N) is 2. The van der Waals surface area contributed by atoms with Gasteiger partial charge in [0, 0.05) is 4.88 Å². The van der Waals surface area contributed by atoms with Crippen molar-refractivity contribution in [2.45, 2.75) is 0 Å². The van der Waals surface area contributed by atoms with Crippen LogP contribution < -0.4 is 0 Å². The number of rotatable bonds is 3. The summed E-state index contributed by atoms with van der Waals surface area (Å²) in [7, 11) is 0. The highest BCUT2D eigenvalue weighted by Crippen LogP contribution is 2.34. The van der Waals surface area contributed by atoms with E-state index in [1.54, 1.807) is 22.7 Å². The minimum absolute atomic E-state index is 0.842. The molecule has 26 heavy (non-hydrogen) atoms. The molecule has 1 N–H and O–H groups in total. The summed E-state index contributed by atoms with van der Waals surface area (Å²) in [6.07, 6.45) is 2.16. The molecule has 0 aliphatic heterocycles. The molecule has 6 heteroatoms. The maximum atomic E-state index is 4.85. The van der Waals surface area contributed by atoms with Crippen LogP contribution in [0.15, 0.2) is 64.5 Å². The smallest absolute Gasteiger partial charge is 0.141 e. The molecule has 0 atom stereocenters. The number of aromatic amines is 1. The molecule has 0 saturated carbocycles. The molecule has 0 saturated heterocycles. The van der Waals surface area contributed by atoms with E-state index in [1.807, 2.05) is 42.5 Å². The van der Waals surface area contributed by atoms with Crippen LogP contribution in [0, 0.1) is 0 Å². The van der Waals surface area contributed by atoms with Gasteiger partial charge < -0.3 is 4.98 Å². The summed E-state index contributed by atoms with van der Waals surface area (Å²) in [6, 6.07) is 20.5. The molecule has 0 aliphatic carbocycles. The second-order valence-electron chi connectivity index (χ2n) is 5.79. The van der Waals surface area contributed by atoms with Crippen molar-refractivity contribution in [3.63, 3.8) is 0 Å². The Labute approximate surface area is 166 Å². The van der Waals surface area contributed by atoms with Crippen LogP contribution >= 0.6 is 38.6 Å². The summed E-state index contributed by atoms with van der Waals surface area (Å²) in [4.78, 5) is 14.2. The first-order chi connectivity index (χ1) is 12.8. The van der Waals surface area contributed by atoms with Crippen molar-refractivity contribution in [1.29, 1.82) is 0 Å². The van der Waals surface area contributed by atoms with Crippen molar-refractivity contribution in [1.82, 2.24) is 15.0 Å². The van der Waals surface area contributed by atoms with Crippen molar-refractivity contribution in [3.05, 3.63) is 80.2 Å². The normalized spacial score (nSPS) is 12.3. The summed E-state index contributed by atoms with van der Waals surface area (Å²) in [6.45, 7) is 0. The summed E-state index contributed by atoms with van der Waals surface area (Å²) in [5, 5.41) is 0.967. The standard InChI is InChI=1S/C20H12BrN3S2/c21-18-10-9-12(25-18)11-13(19-22-14-5-1-2-6-15(14)23-19)20-24-16-7-3-4-8-17(16)26-20/h1-11H,(H,22,23)/b13-11+. The quantitative estimate of drug-likeness (QED) is 0.346. The molecule has 0 aliphatic rings. The van der Waals surface area contributed by atoms with E-state index in [9.17, 15) is 0 Å². The number of aromatic nitrogens is 3. The fraction of sp³-hybridized carbons (Fsp3) is 0. The number of hydrogen-bond donors (Lipinski definition) is 1. The average molecular weight is 438 g/mol. The Hall–Kier alpha value is -2.28. The van der Waals surface area contributed by atoms with Gasteiger partial charge in [-0.25, -0.2) is 9.97 Å². The maximum Gasteiger partial charge on any atom is 0.141 e. The van der Waals surface area contributed by atoms with E-state index in [0.29, 0.717) is 0 Å². The molecule has 3 heterocycles. The number of thiazole rings is 1. The highest BCUT2D eigenvalue weighted by molar-refractivity contribution is 9.11. The number of imidazole rings is 1. The van der Waals surface area contributed by atoms with Crippen molar-refractivity contribution >= 4 is 71.5 Å². The van der Waals surface area contributed by atoms with Crippen molar-refractivity contribution in [3.8, 4) is 0 Å². The van der Waals surface area contributed by atoms with Gasteiger partial charge in [0.05, 0.1) is 30.6 Å². The number of hydrogen-bond acceptors (Lipinski definition) is 4. The van der Waals surface area contributed by atoms with E-state index in [1.165, 1.54) is 4.70 Å². The summed E-state index contributed by atoms with van der Waals surface area (Å²) in [5.74, 6) is 0.842. The number of halogens is 1. The molecule has 5 rings (SSSR count). The minimum atomic E-state index is 0.842. The first-order valence-corrected chi connectivity index (χ1v) is 10.5. The lowest BCUT2D eigenvalue weighted by Crippen LogP contribution is -1.89. The molecular formula is C20H12BrN3S2. The third kappa shape index (κ3) is 2.90. The topological polar surface area (TPSA) is 41.6 Å². The van der Waals surface area contributed by atoms with Gasteiger partial charge in [0.25, 0.3) is 0 Å². The lowest BCUT2D eigenvalue weighted by molar-refractivity contribution is 1.26. The Morgan fingerprint density at radius 1 is 0.885 bits per heavy atom.